The van der Waals surface area contributed by atoms with Crippen molar-refractivity contribution in [1.29, 1.82) is 0 Å². The van der Waals surface area contributed by atoms with E-state index in [0.29, 0.717) is 11.6 Å². The van der Waals surface area contributed by atoms with Crippen LogP contribution in [0.5, 0.6) is 0 Å². The smallest absolute Gasteiger partial charge is 0.147 e. The van der Waals surface area contributed by atoms with Gasteiger partial charge in [-0.2, -0.15) is 0 Å². The monoisotopic (exact) mass is 303 g/mol. The third kappa shape index (κ3) is 5.93. The Labute approximate surface area is 121 Å². The number of rotatable bonds is 6. The first-order valence-corrected chi connectivity index (χ1v) is 8.73. The Balaban J connectivity index is 2.65. The Morgan fingerprint density at radius 1 is 1.37 bits per heavy atom. The van der Waals surface area contributed by atoms with E-state index >= 15 is 0 Å². The summed E-state index contributed by atoms with van der Waals surface area (Å²) in [5.41, 5.74) is 0.850. The minimum Gasteiger partial charge on any atom is -0.308 e. The average Bonchev–Trinajstić information content (AvgIpc) is 2.24. The van der Waals surface area contributed by atoms with Gasteiger partial charge in [0.2, 0.25) is 0 Å². The van der Waals surface area contributed by atoms with Crippen molar-refractivity contribution >= 4 is 21.4 Å². The van der Waals surface area contributed by atoms with E-state index in [2.05, 4.69) is 19.2 Å². The third-order valence-corrected chi connectivity index (χ3v) is 4.44. The highest BCUT2D eigenvalue weighted by atomic mass is 35.5. The number of nitrogens with one attached hydrogen (secondary N) is 1. The van der Waals surface area contributed by atoms with Gasteiger partial charge in [0.1, 0.15) is 9.84 Å². The lowest BCUT2D eigenvalue weighted by atomic mass is 9.94. The Morgan fingerprint density at radius 3 is 2.53 bits per heavy atom. The van der Waals surface area contributed by atoms with Crippen LogP contribution < -0.4 is 5.32 Å². The fourth-order valence-electron chi connectivity index (χ4n) is 1.98. The molecule has 0 aliphatic rings. The van der Waals surface area contributed by atoms with Crippen molar-refractivity contribution in [1.82, 2.24) is 5.32 Å². The summed E-state index contributed by atoms with van der Waals surface area (Å²) >= 11 is 5.99. The van der Waals surface area contributed by atoms with Gasteiger partial charge in [-0.3, -0.25) is 0 Å². The van der Waals surface area contributed by atoms with E-state index in [1.807, 2.05) is 31.2 Å². The number of halogens is 1. The third-order valence-electron chi connectivity index (χ3n) is 3.03. The molecule has 0 saturated heterocycles. The van der Waals surface area contributed by atoms with Crippen molar-refractivity contribution in [2.45, 2.75) is 26.3 Å². The van der Waals surface area contributed by atoms with Crippen LogP contribution in [0.25, 0.3) is 0 Å². The SMILES string of the molecule is C[C@H](CNC(C)(C)c1cccc(Cl)c1)CS(C)(=O)=O. The second kappa shape index (κ2) is 6.25. The highest BCUT2D eigenvalue weighted by Gasteiger charge is 2.21. The van der Waals surface area contributed by atoms with Crippen LogP contribution in [0.4, 0.5) is 0 Å². The molecular weight excluding hydrogens is 282 g/mol. The molecule has 0 aliphatic carbocycles. The molecule has 19 heavy (non-hydrogen) atoms. The van der Waals surface area contributed by atoms with Gasteiger partial charge in [-0.15, -0.1) is 0 Å². The second-order valence-electron chi connectivity index (χ2n) is 5.71. The maximum absolute atomic E-state index is 11.2. The predicted molar refractivity (Wildman–Crippen MR) is 81.4 cm³/mol. The molecular formula is C14H22ClNO2S. The van der Waals surface area contributed by atoms with E-state index in [1.165, 1.54) is 6.26 Å². The van der Waals surface area contributed by atoms with E-state index in [4.69, 9.17) is 11.6 Å². The van der Waals surface area contributed by atoms with E-state index in [0.717, 1.165) is 5.56 Å². The molecule has 0 heterocycles. The minimum atomic E-state index is -2.92. The van der Waals surface area contributed by atoms with Crippen LogP contribution in [0.1, 0.15) is 26.3 Å². The Bertz CT molecular complexity index is 526. The van der Waals surface area contributed by atoms with Crippen molar-refractivity contribution in [3.63, 3.8) is 0 Å². The van der Waals surface area contributed by atoms with E-state index in [9.17, 15) is 8.42 Å². The highest BCUT2D eigenvalue weighted by molar-refractivity contribution is 7.90. The molecule has 0 aliphatic heterocycles. The van der Waals surface area contributed by atoms with Crippen LogP contribution >= 0.6 is 11.6 Å². The quantitative estimate of drug-likeness (QED) is 0.879. The minimum absolute atomic E-state index is 0.0773. The standard InChI is InChI=1S/C14H22ClNO2S/c1-11(10-19(4,17)18)9-16-14(2,3)12-6-5-7-13(15)8-12/h5-8,11,16H,9-10H2,1-4H3/t11-/m1/s1. The zero-order valence-electron chi connectivity index (χ0n) is 11.9. The summed E-state index contributed by atoms with van der Waals surface area (Å²) < 4.78 is 22.5. The number of sulfone groups is 1. The largest absolute Gasteiger partial charge is 0.308 e. The molecule has 3 nitrogen and oxygen atoms in total. The maximum atomic E-state index is 11.2. The van der Waals surface area contributed by atoms with Crippen molar-refractivity contribution in [3.05, 3.63) is 34.9 Å². The topological polar surface area (TPSA) is 46.2 Å². The molecule has 5 heteroatoms. The van der Waals surface area contributed by atoms with Crippen LogP contribution in [0, 0.1) is 5.92 Å². The molecule has 1 aromatic rings. The molecule has 0 aromatic heterocycles. The zero-order chi connectivity index (χ0) is 14.7. The average molecular weight is 304 g/mol. The van der Waals surface area contributed by atoms with Crippen molar-refractivity contribution in [2.75, 3.05) is 18.6 Å². The molecule has 0 unspecified atom stereocenters. The van der Waals surface area contributed by atoms with Gasteiger partial charge in [-0.1, -0.05) is 30.7 Å². The second-order valence-corrected chi connectivity index (χ2v) is 8.34. The Kier molecular flexibility index (Phi) is 5.42. The van der Waals surface area contributed by atoms with Gasteiger partial charge >= 0.3 is 0 Å². The Morgan fingerprint density at radius 2 is 2.00 bits per heavy atom. The zero-order valence-corrected chi connectivity index (χ0v) is 13.5. The van der Waals surface area contributed by atoms with E-state index in [1.54, 1.807) is 0 Å². The summed E-state index contributed by atoms with van der Waals surface area (Å²) in [5.74, 6) is 0.277. The van der Waals surface area contributed by atoms with Gasteiger partial charge < -0.3 is 5.32 Å². The molecule has 0 radical (unpaired) electrons. The molecule has 0 spiro atoms. The van der Waals surface area contributed by atoms with Crippen LogP contribution in [0.3, 0.4) is 0 Å². The molecule has 108 valence electrons. The summed E-state index contributed by atoms with van der Waals surface area (Å²) in [7, 11) is -2.92. The van der Waals surface area contributed by atoms with Crippen molar-refractivity contribution in [3.8, 4) is 0 Å². The number of hydrogen-bond acceptors (Lipinski definition) is 3. The molecule has 0 fully saturated rings. The first kappa shape index (κ1) is 16.5. The Hall–Kier alpha value is -0.580. The van der Waals surface area contributed by atoms with Gasteiger partial charge in [0.05, 0.1) is 5.75 Å². The number of benzene rings is 1. The first-order chi connectivity index (χ1) is 8.60. The van der Waals surface area contributed by atoms with Crippen LogP contribution in [-0.4, -0.2) is 27.0 Å². The molecule has 1 aromatic carbocycles. The fourth-order valence-corrected chi connectivity index (χ4v) is 3.33. The summed E-state index contributed by atoms with van der Waals surface area (Å²) in [5, 5.41) is 4.11. The summed E-state index contributed by atoms with van der Waals surface area (Å²) in [6, 6.07) is 7.70. The first-order valence-electron chi connectivity index (χ1n) is 6.29. The molecule has 1 atom stereocenters. The maximum Gasteiger partial charge on any atom is 0.147 e. The van der Waals surface area contributed by atoms with Crippen LogP contribution in [-0.2, 0) is 15.4 Å². The summed E-state index contributed by atoms with van der Waals surface area (Å²) in [6.45, 7) is 6.70. The molecule has 0 saturated carbocycles. The summed E-state index contributed by atoms with van der Waals surface area (Å²) in [4.78, 5) is 0. The fraction of sp³-hybridized carbons (Fsp3) is 0.571. The lowest BCUT2D eigenvalue weighted by molar-refractivity contribution is 0.374. The van der Waals surface area contributed by atoms with Gasteiger partial charge in [-0.25, -0.2) is 8.42 Å². The molecule has 0 amide bonds. The van der Waals surface area contributed by atoms with Crippen molar-refractivity contribution in [2.24, 2.45) is 5.92 Å². The van der Waals surface area contributed by atoms with E-state index in [-0.39, 0.29) is 17.2 Å². The predicted octanol–water partition coefficient (Wildman–Crippen LogP) is 2.85. The molecule has 1 N–H and O–H groups in total. The lowest BCUT2D eigenvalue weighted by Gasteiger charge is -2.29. The van der Waals surface area contributed by atoms with Crippen LogP contribution in [0.2, 0.25) is 5.02 Å². The molecule has 1 rings (SSSR count). The lowest BCUT2D eigenvalue weighted by Crippen LogP contribution is -2.40. The number of hydrogen-bond donors (Lipinski definition) is 1. The van der Waals surface area contributed by atoms with Gasteiger partial charge in [-0.05, 0) is 44.0 Å². The van der Waals surface area contributed by atoms with Crippen molar-refractivity contribution < 1.29 is 8.42 Å². The van der Waals surface area contributed by atoms with Gasteiger partial charge in [0.15, 0.2) is 0 Å². The molecule has 0 bridgehead atoms. The van der Waals surface area contributed by atoms with Gasteiger partial charge in [0, 0.05) is 16.8 Å². The summed E-state index contributed by atoms with van der Waals surface area (Å²) in [6.07, 6.45) is 1.27. The van der Waals surface area contributed by atoms with Crippen LogP contribution in [0.15, 0.2) is 24.3 Å². The normalized spacial score (nSPS) is 14.4. The van der Waals surface area contributed by atoms with E-state index < -0.39 is 9.84 Å². The van der Waals surface area contributed by atoms with Gasteiger partial charge in [0.25, 0.3) is 0 Å². The highest BCUT2D eigenvalue weighted by Crippen LogP contribution is 2.23.